The smallest absolute Gasteiger partial charge is 0.324 e. The number of amidine groups is 1. The number of nitrogens with zero attached hydrogens (tertiary/aromatic N) is 6. The second-order valence-electron chi connectivity index (χ2n) is 7.68. The molecule has 2 aliphatic heterocycles. The van der Waals surface area contributed by atoms with Crippen molar-refractivity contribution in [3.05, 3.63) is 66.4 Å². The lowest BCUT2D eigenvalue weighted by atomic mass is 10.2. The van der Waals surface area contributed by atoms with Crippen molar-refractivity contribution >= 4 is 46.4 Å². The van der Waals surface area contributed by atoms with E-state index in [1.165, 1.54) is 17.6 Å². The van der Waals surface area contributed by atoms with Crippen LogP contribution < -0.4 is 19.8 Å². The van der Waals surface area contributed by atoms with Gasteiger partial charge in [0.25, 0.3) is 12.1 Å². The third-order valence-electron chi connectivity index (χ3n) is 5.29. The molecular formula is C23H22N6O4S. The van der Waals surface area contributed by atoms with Crippen LogP contribution in [0.25, 0.3) is 6.08 Å². The second-order valence-corrected chi connectivity index (χ2v) is 8.63. The Morgan fingerprint density at radius 3 is 2.76 bits per heavy atom. The van der Waals surface area contributed by atoms with Gasteiger partial charge in [-0.05, 0) is 49.4 Å². The number of amides is 1. The van der Waals surface area contributed by atoms with Gasteiger partial charge in [0.1, 0.15) is 11.5 Å². The highest BCUT2D eigenvalue weighted by atomic mass is 32.2. The lowest BCUT2D eigenvalue weighted by Crippen LogP contribution is -2.60. The van der Waals surface area contributed by atoms with Gasteiger partial charge in [0.2, 0.25) is 5.27 Å². The second kappa shape index (κ2) is 9.96. The van der Waals surface area contributed by atoms with Crippen LogP contribution in [0, 0.1) is 0 Å². The van der Waals surface area contributed by atoms with Crippen molar-refractivity contribution in [1.29, 1.82) is 0 Å². The number of benzene rings is 1. The maximum absolute atomic E-state index is 13.1. The maximum atomic E-state index is 13.1. The average molecular weight is 479 g/mol. The number of aliphatic imine (C=N–C) groups is 2. The molecule has 34 heavy (non-hydrogen) atoms. The van der Waals surface area contributed by atoms with Crippen LogP contribution in [-0.4, -0.2) is 41.1 Å². The van der Waals surface area contributed by atoms with Crippen LogP contribution in [-0.2, 0) is 4.79 Å². The maximum Gasteiger partial charge on any atom is 0.324 e. The van der Waals surface area contributed by atoms with Crippen molar-refractivity contribution in [3.63, 3.8) is 0 Å². The van der Waals surface area contributed by atoms with Crippen LogP contribution in [0.3, 0.4) is 0 Å². The molecule has 0 saturated carbocycles. The molecule has 2 aromatic heterocycles. The van der Waals surface area contributed by atoms with E-state index in [4.69, 9.17) is 8.94 Å². The van der Waals surface area contributed by atoms with Gasteiger partial charge in [0.05, 0.1) is 29.8 Å². The Morgan fingerprint density at radius 2 is 2.00 bits per heavy atom. The monoisotopic (exact) mass is 478 g/mol. The first kappa shape index (κ1) is 22.0. The molecule has 1 amide bonds. The summed E-state index contributed by atoms with van der Waals surface area (Å²) >= 11 is 1.13. The normalized spacial score (nSPS) is 18.1. The van der Waals surface area contributed by atoms with Crippen molar-refractivity contribution in [2.45, 2.75) is 19.3 Å². The number of piperidine rings is 1. The standard InChI is InChI=1S/C23H22N6O4S/c30-20(25-21-15-28(26-33-21)27-11-5-2-6-12-27)16-34-23-24-19(14-18-10-7-13-32-18)22(31)29(23)17-8-3-1-4-9-17/h1,3-4,7-10,13-15H,2,5-6,11-12,16H2/b19-14+. The number of para-hydroxylation sites is 1. The van der Waals surface area contributed by atoms with E-state index in [9.17, 15) is 9.90 Å². The molecule has 4 heterocycles. The summed E-state index contributed by atoms with van der Waals surface area (Å²) in [5, 5.41) is 18.9. The summed E-state index contributed by atoms with van der Waals surface area (Å²) in [7, 11) is 0. The molecular weight excluding hydrogens is 456 g/mol. The van der Waals surface area contributed by atoms with E-state index in [1.54, 1.807) is 29.2 Å². The SMILES string of the molecule is O=C1/C(=C\c2ccco2)N=C(SC/C([O-])=N/c2c[n+](N3CCCCC3)no2)N1c1ccccc1. The summed E-state index contributed by atoms with van der Waals surface area (Å²) < 4.78 is 10.5. The fourth-order valence-corrected chi connectivity index (χ4v) is 4.48. The zero-order valence-corrected chi connectivity index (χ0v) is 19.1. The van der Waals surface area contributed by atoms with E-state index in [0.717, 1.165) is 37.7 Å². The van der Waals surface area contributed by atoms with Crippen molar-refractivity contribution in [1.82, 2.24) is 5.27 Å². The summed E-state index contributed by atoms with van der Waals surface area (Å²) in [4.78, 5) is 24.6. The van der Waals surface area contributed by atoms with Crippen LogP contribution in [0.5, 0.6) is 0 Å². The molecule has 1 saturated heterocycles. The molecule has 0 aliphatic carbocycles. The number of anilines is 1. The molecule has 11 heteroatoms. The number of rotatable bonds is 6. The van der Waals surface area contributed by atoms with Gasteiger partial charge in [-0.25, -0.2) is 9.98 Å². The van der Waals surface area contributed by atoms with Gasteiger partial charge in [-0.1, -0.05) is 30.0 Å². The van der Waals surface area contributed by atoms with Gasteiger partial charge in [0, 0.05) is 11.8 Å². The molecule has 5 rings (SSSR count). The van der Waals surface area contributed by atoms with Crippen molar-refractivity contribution < 1.29 is 23.6 Å². The molecule has 0 atom stereocenters. The minimum Gasteiger partial charge on any atom is -0.861 e. The van der Waals surface area contributed by atoms with Crippen LogP contribution >= 0.6 is 11.8 Å². The topological polar surface area (TPSA) is 114 Å². The number of hydrogen-bond acceptors (Lipinski definition) is 9. The summed E-state index contributed by atoms with van der Waals surface area (Å²) in [5.74, 6) is -0.0805. The first-order valence-electron chi connectivity index (χ1n) is 10.9. The van der Waals surface area contributed by atoms with E-state index >= 15 is 0 Å². The highest BCUT2D eigenvalue weighted by Crippen LogP contribution is 2.29. The number of thioether (sulfide) groups is 1. The van der Waals surface area contributed by atoms with E-state index in [2.05, 4.69) is 20.3 Å². The summed E-state index contributed by atoms with van der Waals surface area (Å²) in [6.07, 6.45) is 8.09. The van der Waals surface area contributed by atoms with Gasteiger partial charge in [0.15, 0.2) is 5.17 Å². The highest BCUT2D eigenvalue weighted by Gasteiger charge is 2.32. The molecule has 0 spiro atoms. The average Bonchev–Trinajstić information content (AvgIpc) is 3.61. The van der Waals surface area contributed by atoms with E-state index in [1.807, 2.05) is 30.3 Å². The predicted octanol–water partition coefficient (Wildman–Crippen LogP) is 2.24. The molecule has 1 fully saturated rings. The van der Waals surface area contributed by atoms with Gasteiger partial charge < -0.3 is 9.52 Å². The van der Waals surface area contributed by atoms with Crippen LogP contribution in [0.2, 0.25) is 0 Å². The Balaban J connectivity index is 1.32. The minimum atomic E-state index is -0.418. The summed E-state index contributed by atoms with van der Waals surface area (Å²) in [6.45, 7) is 1.77. The molecule has 0 N–H and O–H groups in total. The number of aromatic nitrogens is 2. The Kier molecular flexibility index (Phi) is 6.43. The quantitative estimate of drug-likeness (QED) is 0.231. The van der Waals surface area contributed by atoms with Gasteiger partial charge in [-0.15, -0.1) is 0 Å². The zero-order chi connectivity index (χ0) is 23.3. The lowest BCUT2D eigenvalue weighted by molar-refractivity contribution is -0.759. The van der Waals surface area contributed by atoms with Crippen molar-refractivity contribution in [2.75, 3.05) is 28.8 Å². The first-order valence-corrected chi connectivity index (χ1v) is 11.9. The summed E-state index contributed by atoms with van der Waals surface area (Å²) in [6, 6.07) is 12.6. The fourth-order valence-electron chi connectivity index (χ4n) is 3.68. The van der Waals surface area contributed by atoms with E-state index in [-0.39, 0.29) is 23.2 Å². The molecule has 0 bridgehead atoms. The van der Waals surface area contributed by atoms with Crippen LogP contribution in [0.1, 0.15) is 25.0 Å². The van der Waals surface area contributed by atoms with Gasteiger partial charge >= 0.3 is 5.88 Å². The van der Waals surface area contributed by atoms with E-state index < -0.39 is 5.90 Å². The molecule has 2 aliphatic rings. The number of hydrogen-bond donors (Lipinski definition) is 0. The Hall–Kier alpha value is -3.86. The number of furan rings is 1. The molecule has 0 unspecified atom stereocenters. The van der Waals surface area contributed by atoms with Gasteiger partial charge in [-0.3, -0.25) is 14.2 Å². The predicted molar refractivity (Wildman–Crippen MR) is 126 cm³/mol. The highest BCUT2D eigenvalue weighted by molar-refractivity contribution is 8.14. The molecule has 10 nitrogen and oxygen atoms in total. The largest absolute Gasteiger partial charge is 0.861 e. The molecule has 0 radical (unpaired) electrons. The number of carbonyl (C=O) groups excluding carboxylic acids is 1. The third-order valence-corrected chi connectivity index (χ3v) is 6.22. The van der Waals surface area contributed by atoms with Crippen LogP contribution in [0.4, 0.5) is 11.6 Å². The lowest BCUT2D eigenvalue weighted by Gasteiger charge is -2.18. The third kappa shape index (κ3) is 4.88. The Labute approximate surface area is 199 Å². The Morgan fingerprint density at radius 1 is 1.18 bits per heavy atom. The van der Waals surface area contributed by atoms with Crippen molar-refractivity contribution in [3.8, 4) is 0 Å². The Bertz CT molecular complexity index is 1230. The minimum absolute atomic E-state index is 0.0199. The van der Waals surface area contributed by atoms with E-state index in [0.29, 0.717) is 16.6 Å². The molecule has 3 aromatic rings. The van der Waals surface area contributed by atoms with Crippen molar-refractivity contribution in [2.24, 2.45) is 9.98 Å². The van der Waals surface area contributed by atoms with Gasteiger partial charge in [-0.2, -0.15) is 5.01 Å². The number of carbonyl (C=O) groups is 1. The van der Waals surface area contributed by atoms with Crippen LogP contribution in [0.15, 0.2) is 79.5 Å². The molecule has 174 valence electrons. The first-order chi connectivity index (χ1) is 16.7. The summed E-state index contributed by atoms with van der Waals surface area (Å²) in [5.41, 5.74) is 0.882. The fraction of sp³-hybridized carbons (Fsp3) is 0.261. The zero-order valence-electron chi connectivity index (χ0n) is 18.2. The molecule has 1 aromatic carbocycles.